The summed E-state index contributed by atoms with van der Waals surface area (Å²) < 4.78 is 38.1. The van der Waals surface area contributed by atoms with Crippen LogP contribution in [-0.2, 0) is 14.8 Å². The van der Waals surface area contributed by atoms with Crippen molar-refractivity contribution in [2.75, 3.05) is 69.3 Å². The van der Waals surface area contributed by atoms with E-state index in [0.29, 0.717) is 38.0 Å². The molecule has 2 aromatic rings. The molecule has 0 radical (unpaired) electrons. The van der Waals surface area contributed by atoms with Crippen molar-refractivity contribution in [3.05, 3.63) is 48.5 Å². The van der Waals surface area contributed by atoms with Crippen molar-refractivity contribution < 1.29 is 17.9 Å². The van der Waals surface area contributed by atoms with Crippen molar-refractivity contribution in [1.29, 1.82) is 0 Å². The van der Waals surface area contributed by atoms with Gasteiger partial charge in [0.2, 0.25) is 10.0 Å². The summed E-state index contributed by atoms with van der Waals surface area (Å²) in [6.45, 7) is 7.49. The van der Waals surface area contributed by atoms with E-state index < -0.39 is 10.0 Å². The van der Waals surface area contributed by atoms with Gasteiger partial charge in [0.1, 0.15) is 5.75 Å². The Kier molecular flexibility index (Phi) is 7.69. The summed E-state index contributed by atoms with van der Waals surface area (Å²) >= 11 is 5.62. The van der Waals surface area contributed by atoms with Gasteiger partial charge in [0, 0.05) is 45.0 Å². The molecular formula is C23H30N4O4S2. The maximum Gasteiger partial charge on any atom is 0.243 e. The number of hydrogen-bond donors (Lipinski definition) is 1. The lowest BCUT2D eigenvalue weighted by Gasteiger charge is -2.38. The quantitative estimate of drug-likeness (QED) is 0.620. The predicted molar refractivity (Wildman–Crippen MR) is 134 cm³/mol. The minimum atomic E-state index is -3.50. The minimum absolute atomic E-state index is 0.280. The summed E-state index contributed by atoms with van der Waals surface area (Å²) in [5, 5.41) is 3.88. The fourth-order valence-electron chi connectivity index (χ4n) is 4.00. The van der Waals surface area contributed by atoms with Gasteiger partial charge in [-0.1, -0.05) is 12.1 Å². The zero-order chi connectivity index (χ0) is 23.3. The molecule has 2 saturated heterocycles. The van der Waals surface area contributed by atoms with Crippen LogP contribution in [0.5, 0.6) is 5.75 Å². The molecule has 0 saturated carbocycles. The summed E-state index contributed by atoms with van der Waals surface area (Å²) in [4.78, 5) is 4.73. The fourth-order valence-corrected chi connectivity index (χ4v) is 5.70. The van der Waals surface area contributed by atoms with Crippen molar-refractivity contribution in [2.45, 2.75) is 11.8 Å². The molecule has 2 aromatic carbocycles. The number of thiocarbonyl (C=S) groups is 1. The highest BCUT2D eigenvalue weighted by Gasteiger charge is 2.26. The minimum Gasteiger partial charge on any atom is -0.492 e. The van der Waals surface area contributed by atoms with Crippen LogP contribution >= 0.6 is 12.2 Å². The summed E-state index contributed by atoms with van der Waals surface area (Å²) in [6.07, 6.45) is 0. The van der Waals surface area contributed by atoms with Gasteiger partial charge in [-0.05, 0) is 55.5 Å². The Labute approximate surface area is 201 Å². The summed E-state index contributed by atoms with van der Waals surface area (Å²) in [7, 11) is -3.50. The SMILES string of the molecule is CCOc1ccccc1N1CCN(C(=S)Nc2ccc(S(=O)(=O)N3CCOCC3)cc2)CC1. The van der Waals surface area contributed by atoms with E-state index in [2.05, 4.69) is 21.2 Å². The maximum absolute atomic E-state index is 12.8. The van der Waals surface area contributed by atoms with Crippen LogP contribution in [0.2, 0.25) is 0 Å². The third-order valence-electron chi connectivity index (χ3n) is 5.79. The number of piperazine rings is 1. The Morgan fingerprint density at radius 1 is 1.00 bits per heavy atom. The zero-order valence-electron chi connectivity index (χ0n) is 18.8. The Morgan fingerprint density at radius 2 is 1.67 bits per heavy atom. The van der Waals surface area contributed by atoms with E-state index in [0.717, 1.165) is 43.3 Å². The molecule has 2 fully saturated rings. The molecule has 0 aliphatic carbocycles. The van der Waals surface area contributed by atoms with Crippen LogP contribution in [0.25, 0.3) is 0 Å². The molecule has 2 aliphatic heterocycles. The van der Waals surface area contributed by atoms with Gasteiger partial charge < -0.3 is 24.6 Å². The van der Waals surface area contributed by atoms with E-state index >= 15 is 0 Å². The van der Waals surface area contributed by atoms with E-state index in [1.807, 2.05) is 25.1 Å². The molecule has 2 aliphatic rings. The first-order valence-electron chi connectivity index (χ1n) is 11.2. The molecule has 178 valence electrons. The van der Waals surface area contributed by atoms with Crippen LogP contribution in [0.3, 0.4) is 0 Å². The second-order valence-electron chi connectivity index (χ2n) is 7.85. The molecular weight excluding hydrogens is 460 g/mol. The highest BCUT2D eigenvalue weighted by atomic mass is 32.2. The van der Waals surface area contributed by atoms with E-state index in [9.17, 15) is 8.42 Å². The smallest absolute Gasteiger partial charge is 0.243 e. The molecule has 0 amide bonds. The van der Waals surface area contributed by atoms with Crippen LogP contribution in [-0.4, -0.2) is 81.8 Å². The summed E-state index contributed by atoms with van der Waals surface area (Å²) in [5.74, 6) is 0.904. The largest absolute Gasteiger partial charge is 0.492 e. The van der Waals surface area contributed by atoms with Crippen LogP contribution in [0.4, 0.5) is 11.4 Å². The average molecular weight is 491 g/mol. The van der Waals surface area contributed by atoms with Gasteiger partial charge in [0.25, 0.3) is 0 Å². The number of nitrogens with one attached hydrogen (secondary N) is 1. The number of nitrogens with zero attached hydrogens (tertiary/aromatic N) is 3. The molecule has 33 heavy (non-hydrogen) atoms. The number of para-hydroxylation sites is 2. The number of morpholine rings is 1. The van der Waals surface area contributed by atoms with E-state index in [1.54, 1.807) is 24.3 Å². The molecule has 8 nitrogen and oxygen atoms in total. The molecule has 0 bridgehead atoms. The number of benzene rings is 2. The number of ether oxygens (including phenoxy) is 2. The Morgan fingerprint density at radius 3 is 2.33 bits per heavy atom. The Hall–Kier alpha value is -2.40. The Bertz CT molecular complexity index is 1050. The van der Waals surface area contributed by atoms with Gasteiger partial charge in [-0.25, -0.2) is 8.42 Å². The number of rotatable bonds is 6. The van der Waals surface area contributed by atoms with E-state index in [1.165, 1.54) is 4.31 Å². The molecule has 1 N–H and O–H groups in total. The molecule has 0 aromatic heterocycles. The molecule has 10 heteroatoms. The molecule has 4 rings (SSSR count). The van der Waals surface area contributed by atoms with E-state index in [-0.39, 0.29) is 4.90 Å². The monoisotopic (exact) mass is 490 g/mol. The second kappa shape index (κ2) is 10.7. The first-order valence-corrected chi connectivity index (χ1v) is 13.0. The third kappa shape index (κ3) is 5.57. The standard InChI is InChI=1S/C23H30N4O4S2/c1-2-31-22-6-4-3-5-21(22)25-11-13-26(14-12-25)23(32)24-19-7-9-20(10-8-19)33(28,29)27-15-17-30-18-16-27/h3-10H,2,11-18H2,1H3,(H,24,32). The maximum atomic E-state index is 12.8. The first-order chi connectivity index (χ1) is 16.0. The van der Waals surface area contributed by atoms with Gasteiger partial charge in [0.15, 0.2) is 5.11 Å². The zero-order valence-corrected chi connectivity index (χ0v) is 20.4. The van der Waals surface area contributed by atoms with Crippen molar-refractivity contribution in [3.8, 4) is 5.75 Å². The number of hydrogen-bond acceptors (Lipinski definition) is 6. The van der Waals surface area contributed by atoms with Crippen molar-refractivity contribution in [1.82, 2.24) is 9.21 Å². The van der Waals surface area contributed by atoms with Gasteiger partial charge in [0.05, 0.1) is 30.4 Å². The number of sulfonamides is 1. The highest BCUT2D eigenvalue weighted by Crippen LogP contribution is 2.29. The normalized spacial score (nSPS) is 17.6. The predicted octanol–water partition coefficient (Wildman–Crippen LogP) is 2.63. The van der Waals surface area contributed by atoms with Crippen molar-refractivity contribution in [3.63, 3.8) is 0 Å². The Balaban J connectivity index is 1.33. The third-order valence-corrected chi connectivity index (χ3v) is 8.06. The highest BCUT2D eigenvalue weighted by molar-refractivity contribution is 7.89. The lowest BCUT2D eigenvalue weighted by Crippen LogP contribution is -2.50. The van der Waals surface area contributed by atoms with Crippen LogP contribution in [0, 0.1) is 0 Å². The van der Waals surface area contributed by atoms with Crippen LogP contribution < -0.4 is 15.0 Å². The fraction of sp³-hybridized carbons (Fsp3) is 0.435. The molecule has 0 spiro atoms. The number of anilines is 2. The van der Waals surface area contributed by atoms with Crippen LogP contribution in [0.15, 0.2) is 53.4 Å². The molecule has 2 heterocycles. The van der Waals surface area contributed by atoms with Gasteiger partial charge in [-0.3, -0.25) is 0 Å². The average Bonchev–Trinajstić information content (AvgIpc) is 2.85. The van der Waals surface area contributed by atoms with Gasteiger partial charge >= 0.3 is 0 Å². The lowest BCUT2D eigenvalue weighted by atomic mass is 10.2. The van der Waals surface area contributed by atoms with Crippen molar-refractivity contribution in [2.24, 2.45) is 0 Å². The first kappa shape index (κ1) is 23.7. The van der Waals surface area contributed by atoms with E-state index in [4.69, 9.17) is 21.7 Å². The summed E-state index contributed by atoms with van der Waals surface area (Å²) in [6, 6.07) is 14.9. The molecule has 0 atom stereocenters. The van der Waals surface area contributed by atoms with Gasteiger partial charge in [-0.2, -0.15) is 4.31 Å². The van der Waals surface area contributed by atoms with Crippen molar-refractivity contribution >= 4 is 38.7 Å². The second-order valence-corrected chi connectivity index (χ2v) is 10.2. The topological polar surface area (TPSA) is 74.4 Å². The lowest BCUT2D eigenvalue weighted by molar-refractivity contribution is 0.0730. The van der Waals surface area contributed by atoms with Crippen LogP contribution in [0.1, 0.15) is 6.92 Å². The molecule has 0 unspecified atom stereocenters. The summed E-state index contributed by atoms with van der Waals surface area (Å²) in [5.41, 5.74) is 1.87. The van der Waals surface area contributed by atoms with Gasteiger partial charge in [-0.15, -0.1) is 0 Å².